The molecule has 0 spiro atoms. The number of carbonyl (C=O) groups is 1. The number of likely N-dealkylation sites (tertiary alicyclic amines) is 1. The second kappa shape index (κ2) is 5.77. The molecule has 1 aliphatic heterocycles. The van der Waals surface area contributed by atoms with E-state index in [9.17, 15) is 4.79 Å². The summed E-state index contributed by atoms with van der Waals surface area (Å²) in [7, 11) is 0. The fraction of sp³-hybridized carbons (Fsp3) is 0.538. The maximum absolute atomic E-state index is 11.3. The zero-order valence-corrected chi connectivity index (χ0v) is 9.88. The summed E-state index contributed by atoms with van der Waals surface area (Å²) >= 11 is 0. The van der Waals surface area contributed by atoms with Crippen molar-refractivity contribution in [1.29, 1.82) is 0 Å². The van der Waals surface area contributed by atoms with E-state index < -0.39 is 0 Å². The van der Waals surface area contributed by atoms with Crippen molar-refractivity contribution >= 4 is 5.91 Å². The maximum atomic E-state index is 11.3. The molecule has 0 radical (unpaired) electrons. The molecule has 4 heteroatoms. The van der Waals surface area contributed by atoms with E-state index in [0.29, 0.717) is 5.92 Å². The molecule has 0 aromatic carbocycles. The van der Waals surface area contributed by atoms with E-state index in [2.05, 4.69) is 11.1 Å². The van der Waals surface area contributed by atoms with Gasteiger partial charge in [-0.1, -0.05) is 6.07 Å². The van der Waals surface area contributed by atoms with E-state index in [1.54, 1.807) is 11.1 Å². The molecule has 1 amide bonds. The molecule has 4 nitrogen and oxygen atoms in total. The zero-order chi connectivity index (χ0) is 12.1. The molecular weight excluding hydrogens is 216 g/mol. The molecule has 0 bridgehead atoms. The van der Waals surface area contributed by atoms with Crippen molar-refractivity contribution in [3.63, 3.8) is 0 Å². The van der Waals surface area contributed by atoms with Gasteiger partial charge in [0.2, 0.25) is 5.91 Å². The van der Waals surface area contributed by atoms with Crippen molar-refractivity contribution in [2.24, 2.45) is 5.92 Å². The third-order valence-electron chi connectivity index (χ3n) is 3.35. The van der Waals surface area contributed by atoms with Crippen LogP contribution >= 0.6 is 0 Å². The Bertz CT molecular complexity index is 359. The van der Waals surface area contributed by atoms with Crippen LogP contribution in [0, 0.1) is 5.92 Å². The number of piperidine rings is 1. The number of pyridine rings is 1. The molecule has 0 aliphatic carbocycles. The first-order valence-corrected chi connectivity index (χ1v) is 6.07. The van der Waals surface area contributed by atoms with Gasteiger partial charge in [-0.15, -0.1) is 0 Å². The predicted molar refractivity (Wildman–Crippen MR) is 64.3 cm³/mol. The lowest BCUT2D eigenvalue weighted by atomic mass is 9.91. The minimum Gasteiger partial charge on any atom is -0.387 e. The number of amides is 1. The predicted octanol–water partition coefficient (Wildman–Crippen LogP) is 0.855. The van der Waals surface area contributed by atoms with Gasteiger partial charge in [0, 0.05) is 25.5 Å². The Morgan fingerprint density at radius 2 is 2.24 bits per heavy atom. The summed E-state index contributed by atoms with van der Waals surface area (Å²) in [6.45, 7) is 1.17. The Hall–Kier alpha value is -1.42. The number of nitrogens with zero attached hydrogens (tertiary/aromatic N) is 2. The number of hydrogen-bond acceptors (Lipinski definition) is 3. The van der Waals surface area contributed by atoms with Crippen LogP contribution in [0.2, 0.25) is 0 Å². The van der Waals surface area contributed by atoms with Gasteiger partial charge in [0.1, 0.15) is 6.61 Å². The Morgan fingerprint density at radius 1 is 1.47 bits per heavy atom. The third kappa shape index (κ3) is 3.27. The van der Waals surface area contributed by atoms with Crippen LogP contribution in [-0.2, 0) is 11.2 Å². The van der Waals surface area contributed by atoms with Crippen LogP contribution in [0.5, 0.6) is 0 Å². The quantitative estimate of drug-likeness (QED) is 0.843. The lowest BCUT2D eigenvalue weighted by Crippen LogP contribution is -2.40. The highest BCUT2D eigenvalue weighted by molar-refractivity contribution is 5.77. The molecule has 1 N–H and O–H groups in total. The first-order chi connectivity index (χ1) is 8.29. The van der Waals surface area contributed by atoms with Gasteiger partial charge >= 0.3 is 0 Å². The summed E-state index contributed by atoms with van der Waals surface area (Å²) < 4.78 is 0. The van der Waals surface area contributed by atoms with Crippen LogP contribution < -0.4 is 0 Å². The zero-order valence-electron chi connectivity index (χ0n) is 9.88. The van der Waals surface area contributed by atoms with Gasteiger partial charge in [-0.2, -0.15) is 0 Å². The minimum absolute atomic E-state index is 0.148. The van der Waals surface area contributed by atoms with E-state index in [0.717, 1.165) is 32.4 Å². The first kappa shape index (κ1) is 12.0. The minimum atomic E-state index is -0.368. The first-order valence-electron chi connectivity index (χ1n) is 6.07. The van der Waals surface area contributed by atoms with Gasteiger partial charge in [-0.25, -0.2) is 0 Å². The molecule has 0 unspecified atom stereocenters. The maximum Gasteiger partial charge on any atom is 0.248 e. The molecule has 0 saturated carbocycles. The average molecular weight is 234 g/mol. The standard InChI is InChI=1S/C13H18N2O2/c16-10-13(17)15-6-3-11(4-7-15)8-12-2-1-5-14-9-12/h1-2,5,9,11,16H,3-4,6-8,10H2. The third-order valence-corrected chi connectivity index (χ3v) is 3.35. The van der Waals surface area contributed by atoms with Gasteiger partial charge in [-0.3, -0.25) is 9.78 Å². The van der Waals surface area contributed by atoms with Gasteiger partial charge in [0.15, 0.2) is 0 Å². The second-order valence-electron chi connectivity index (χ2n) is 4.55. The highest BCUT2D eigenvalue weighted by Gasteiger charge is 2.22. The summed E-state index contributed by atoms with van der Waals surface area (Å²) in [5.41, 5.74) is 1.26. The molecule has 17 heavy (non-hydrogen) atoms. The van der Waals surface area contributed by atoms with E-state index in [4.69, 9.17) is 5.11 Å². The van der Waals surface area contributed by atoms with E-state index in [1.165, 1.54) is 5.56 Å². The molecule has 1 saturated heterocycles. The van der Waals surface area contributed by atoms with Crippen LogP contribution in [0.15, 0.2) is 24.5 Å². The van der Waals surface area contributed by atoms with E-state index in [1.807, 2.05) is 12.3 Å². The number of aliphatic hydroxyl groups is 1. The number of hydrogen-bond donors (Lipinski definition) is 1. The summed E-state index contributed by atoms with van der Waals surface area (Å²) in [5.74, 6) is 0.478. The van der Waals surface area contributed by atoms with Crippen LogP contribution in [0.4, 0.5) is 0 Å². The van der Waals surface area contributed by atoms with Crippen molar-refractivity contribution in [2.75, 3.05) is 19.7 Å². The van der Waals surface area contributed by atoms with Gasteiger partial charge < -0.3 is 10.0 Å². The van der Waals surface area contributed by atoms with Gasteiger partial charge in [0.25, 0.3) is 0 Å². The SMILES string of the molecule is O=C(CO)N1CCC(Cc2cccnc2)CC1. The number of rotatable bonds is 3. The molecule has 0 atom stereocenters. The highest BCUT2D eigenvalue weighted by Crippen LogP contribution is 2.21. The van der Waals surface area contributed by atoms with Crippen molar-refractivity contribution in [2.45, 2.75) is 19.3 Å². The molecular formula is C13H18N2O2. The normalized spacial score (nSPS) is 17.1. The molecule has 2 heterocycles. The highest BCUT2D eigenvalue weighted by atomic mass is 16.3. The summed E-state index contributed by atoms with van der Waals surface area (Å²) in [6.07, 6.45) is 6.76. The fourth-order valence-electron chi connectivity index (χ4n) is 2.34. The smallest absolute Gasteiger partial charge is 0.248 e. The summed E-state index contributed by atoms with van der Waals surface area (Å²) in [6, 6.07) is 4.05. The van der Waals surface area contributed by atoms with Crippen LogP contribution in [0.1, 0.15) is 18.4 Å². The molecule has 1 aromatic heterocycles. The summed E-state index contributed by atoms with van der Waals surface area (Å²) in [4.78, 5) is 17.2. The van der Waals surface area contributed by atoms with Crippen LogP contribution in [0.3, 0.4) is 0 Å². The van der Waals surface area contributed by atoms with Gasteiger partial charge in [0.05, 0.1) is 0 Å². The van der Waals surface area contributed by atoms with Crippen molar-refractivity contribution in [1.82, 2.24) is 9.88 Å². The number of carbonyl (C=O) groups excluding carboxylic acids is 1. The Kier molecular flexibility index (Phi) is 4.09. The largest absolute Gasteiger partial charge is 0.387 e. The molecule has 92 valence electrons. The molecule has 1 fully saturated rings. The monoisotopic (exact) mass is 234 g/mol. The Morgan fingerprint density at radius 3 is 2.82 bits per heavy atom. The van der Waals surface area contributed by atoms with E-state index >= 15 is 0 Å². The average Bonchev–Trinajstić information content (AvgIpc) is 2.40. The van der Waals surface area contributed by atoms with Crippen LogP contribution in [-0.4, -0.2) is 40.6 Å². The van der Waals surface area contributed by atoms with E-state index in [-0.39, 0.29) is 12.5 Å². The molecule has 1 aliphatic rings. The van der Waals surface area contributed by atoms with Gasteiger partial charge in [-0.05, 0) is 36.8 Å². The molecule has 1 aromatic rings. The summed E-state index contributed by atoms with van der Waals surface area (Å²) in [5, 5.41) is 8.79. The van der Waals surface area contributed by atoms with Crippen molar-refractivity contribution in [3.8, 4) is 0 Å². The number of aliphatic hydroxyl groups excluding tert-OH is 1. The Labute approximate surface area is 101 Å². The van der Waals surface area contributed by atoms with Crippen LogP contribution in [0.25, 0.3) is 0 Å². The molecule has 2 rings (SSSR count). The lowest BCUT2D eigenvalue weighted by Gasteiger charge is -2.31. The second-order valence-corrected chi connectivity index (χ2v) is 4.55. The fourth-order valence-corrected chi connectivity index (χ4v) is 2.34. The Balaban J connectivity index is 1.82. The van der Waals surface area contributed by atoms with Crippen molar-refractivity contribution in [3.05, 3.63) is 30.1 Å². The van der Waals surface area contributed by atoms with Crippen molar-refractivity contribution < 1.29 is 9.90 Å². The number of aromatic nitrogens is 1. The lowest BCUT2D eigenvalue weighted by molar-refractivity contribution is -0.135. The topological polar surface area (TPSA) is 53.4 Å².